The molecule has 4 atom stereocenters. The van der Waals surface area contributed by atoms with Crippen molar-refractivity contribution in [2.75, 3.05) is 0 Å². The van der Waals surface area contributed by atoms with Gasteiger partial charge in [0.25, 0.3) is 5.91 Å². The molecule has 0 radical (unpaired) electrons. The van der Waals surface area contributed by atoms with Crippen LogP contribution in [-0.4, -0.2) is 45.9 Å². The first-order chi connectivity index (χ1) is 11.3. The van der Waals surface area contributed by atoms with E-state index in [1.54, 1.807) is 13.1 Å². The molecule has 134 valence electrons. The number of rotatable bonds is 9. The van der Waals surface area contributed by atoms with Crippen LogP contribution in [0.3, 0.4) is 0 Å². The molecule has 9 nitrogen and oxygen atoms in total. The average molecular weight is 339 g/mol. The van der Waals surface area contributed by atoms with Crippen molar-refractivity contribution in [2.45, 2.75) is 51.7 Å². The van der Waals surface area contributed by atoms with Crippen molar-refractivity contribution in [2.24, 2.45) is 5.92 Å². The zero-order valence-corrected chi connectivity index (χ0v) is 14.2. The summed E-state index contributed by atoms with van der Waals surface area (Å²) in [5.41, 5.74) is 4.57. The van der Waals surface area contributed by atoms with Gasteiger partial charge in [0.1, 0.15) is 6.04 Å². The summed E-state index contributed by atoms with van der Waals surface area (Å²) in [6, 6.07) is -2.58. The number of aromatic nitrogens is 2. The highest BCUT2D eigenvalue weighted by Crippen LogP contribution is 2.09. The van der Waals surface area contributed by atoms with Gasteiger partial charge in [0.2, 0.25) is 5.91 Å². The van der Waals surface area contributed by atoms with E-state index in [1.165, 1.54) is 13.3 Å². The number of hydrogen-bond donors (Lipinski definition) is 4. The van der Waals surface area contributed by atoms with Gasteiger partial charge in [-0.1, -0.05) is 20.3 Å². The summed E-state index contributed by atoms with van der Waals surface area (Å²) < 4.78 is 0. The topological polar surface area (TPSA) is 155 Å². The quantitative estimate of drug-likeness (QED) is 0.387. The molecule has 24 heavy (non-hydrogen) atoms. The third kappa shape index (κ3) is 5.65. The minimum absolute atomic E-state index is 0.165. The lowest BCUT2D eigenvalue weighted by atomic mass is 9.97. The van der Waals surface area contributed by atoms with Crippen LogP contribution in [0.4, 0.5) is 0 Å². The standard InChI is InChI=1S/C15H25N5O4/c1-4-8(2)12(14(22)19-9(3)15(23)24)20-13(21)11(16)5-10-6-17-7-18-10/h6-9,11-12H,4-5,16H2,1-3H3,(H,17,18)(H,19,22)(H,20,21)(H,23,24)/t8-,9-,11-,12-/m0/s1. The lowest BCUT2D eigenvalue weighted by molar-refractivity contribution is -0.403. The molecular weight excluding hydrogens is 314 g/mol. The van der Waals surface area contributed by atoms with Crippen LogP contribution in [0, 0.1) is 5.92 Å². The zero-order valence-electron chi connectivity index (χ0n) is 14.2. The Morgan fingerprint density at radius 3 is 2.46 bits per heavy atom. The monoisotopic (exact) mass is 339 g/mol. The van der Waals surface area contributed by atoms with Crippen LogP contribution >= 0.6 is 0 Å². The molecule has 0 spiro atoms. The van der Waals surface area contributed by atoms with Crippen LogP contribution in [0.2, 0.25) is 0 Å². The number of amides is 2. The van der Waals surface area contributed by atoms with E-state index in [0.717, 1.165) is 5.69 Å². The molecule has 1 rings (SSSR count). The summed E-state index contributed by atoms with van der Waals surface area (Å²) in [5.74, 6) is -2.48. The van der Waals surface area contributed by atoms with E-state index in [2.05, 4.69) is 26.3 Å². The number of carbonyl (C=O) groups is 3. The first-order valence-electron chi connectivity index (χ1n) is 7.88. The Morgan fingerprint density at radius 1 is 1.29 bits per heavy atom. The number of H-pyrrole nitrogens is 1. The maximum Gasteiger partial charge on any atom is 0.279 e. The SMILES string of the molecule is CC[C@H](C)[C@H](NC(=O)[C@@H]([NH3+])Cc1cnc[nH]1)C(=O)N[C@@H](C)C(=O)[O-]. The van der Waals surface area contributed by atoms with Gasteiger partial charge < -0.3 is 31.3 Å². The van der Waals surface area contributed by atoms with Crippen molar-refractivity contribution in [1.29, 1.82) is 0 Å². The number of quaternary nitrogens is 1. The van der Waals surface area contributed by atoms with Crippen LogP contribution in [0.25, 0.3) is 0 Å². The molecule has 0 aliphatic rings. The maximum absolute atomic E-state index is 12.3. The molecule has 0 fully saturated rings. The molecule has 0 aliphatic carbocycles. The zero-order chi connectivity index (χ0) is 18.3. The van der Waals surface area contributed by atoms with Gasteiger partial charge in [-0.3, -0.25) is 9.59 Å². The van der Waals surface area contributed by atoms with E-state index in [-0.39, 0.29) is 11.8 Å². The Labute approximate surface area is 140 Å². The number of hydrogen-bond acceptors (Lipinski definition) is 5. The highest BCUT2D eigenvalue weighted by molar-refractivity contribution is 5.91. The fourth-order valence-corrected chi connectivity index (χ4v) is 2.09. The van der Waals surface area contributed by atoms with Gasteiger partial charge in [0.15, 0.2) is 6.04 Å². The molecular formula is C15H25N5O4. The largest absolute Gasteiger partial charge is 0.548 e. The summed E-state index contributed by atoms with van der Waals surface area (Å²) in [4.78, 5) is 42.1. The Balaban J connectivity index is 2.72. The number of nitrogens with zero attached hydrogens (tertiary/aromatic N) is 1. The molecule has 0 bridgehead atoms. The number of carboxylic acid groups (broad SMARTS) is 1. The van der Waals surface area contributed by atoms with Gasteiger partial charge >= 0.3 is 0 Å². The smallest absolute Gasteiger partial charge is 0.279 e. The molecule has 2 amide bonds. The maximum atomic E-state index is 12.3. The number of aromatic amines is 1. The number of nitrogens with one attached hydrogen (secondary N) is 3. The van der Waals surface area contributed by atoms with Crippen molar-refractivity contribution in [3.8, 4) is 0 Å². The predicted octanol–water partition coefficient (Wildman–Crippen LogP) is -2.65. The number of carboxylic acids is 1. The van der Waals surface area contributed by atoms with Gasteiger partial charge in [-0.25, -0.2) is 4.98 Å². The summed E-state index contributed by atoms with van der Waals surface area (Å²) >= 11 is 0. The minimum atomic E-state index is -1.38. The lowest BCUT2D eigenvalue weighted by Crippen LogP contribution is -2.70. The molecule has 0 aromatic carbocycles. The van der Waals surface area contributed by atoms with Crippen LogP contribution in [0.1, 0.15) is 32.9 Å². The summed E-state index contributed by atoms with van der Waals surface area (Å²) in [6.45, 7) is 5.00. The van der Waals surface area contributed by atoms with E-state index >= 15 is 0 Å². The molecule has 0 aliphatic heterocycles. The summed E-state index contributed by atoms with van der Waals surface area (Å²) in [7, 11) is 0. The molecule has 6 N–H and O–H groups in total. The van der Waals surface area contributed by atoms with Crippen molar-refractivity contribution in [3.05, 3.63) is 18.2 Å². The van der Waals surface area contributed by atoms with Crippen molar-refractivity contribution < 1.29 is 25.2 Å². The number of aliphatic carboxylic acids is 1. The third-order valence-electron chi connectivity index (χ3n) is 3.90. The molecule has 0 saturated carbocycles. The molecule has 0 unspecified atom stereocenters. The van der Waals surface area contributed by atoms with Gasteiger partial charge in [0.05, 0.1) is 24.8 Å². The van der Waals surface area contributed by atoms with E-state index in [9.17, 15) is 19.5 Å². The molecule has 1 heterocycles. The first-order valence-corrected chi connectivity index (χ1v) is 7.88. The Kier molecular flexibility index (Phi) is 7.37. The number of imidazole rings is 1. The predicted molar refractivity (Wildman–Crippen MR) is 83.0 cm³/mol. The van der Waals surface area contributed by atoms with E-state index in [0.29, 0.717) is 12.8 Å². The number of carbonyl (C=O) groups excluding carboxylic acids is 3. The molecule has 0 saturated heterocycles. The lowest BCUT2D eigenvalue weighted by Gasteiger charge is -2.26. The molecule has 1 aromatic rings. The molecule has 9 heteroatoms. The van der Waals surface area contributed by atoms with Crippen molar-refractivity contribution in [1.82, 2.24) is 20.6 Å². The Morgan fingerprint density at radius 2 is 1.96 bits per heavy atom. The average Bonchev–Trinajstić information content (AvgIpc) is 3.03. The highest BCUT2D eigenvalue weighted by Gasteiger charge is 2.30. The van der Waals surface area contributed by atoms with Gasteiger partial charge in [0, 0.05) is 11.9 Å². The fraction of sp³-hybridized carbons (Fsp3) is 0.600. The fourth-order valence-electron chi connectivity index (χ4n) is 2.09. The van der Waals surface area contributed by atoms with E-state index in [1.807, 2.05) is 6.92 Å². The minimum Gasteiger partial charge on any atom is -0.548 e. The second-order valence-electron chi connectivity index (χ2n) is 5.90. The highest BCUT2D eigenvalue weighted by atomic mass is 16.4. The Hall–Kier alpha value is -2.42. The van der Waals surface area contributed by atoms with Crippen LogP contribution in [0.5, 0.6) is 0 Å². The van der Waals surface area contributed by atoms with Crippen LogP contribution in [0.15, 0.2) is 12.5 Å². The van der Waals surface area contributed by atoms with E-state index < -0.39 is 30.0 Å². The van der Waals surface area contributed by atoms with Gasteiger partial charge in [-0.05, 0) is 12.8 Å². The van der Waals surface area contributed by atoms with Crippen LogP contribution < -0.4 is 21.5 Å². The van der Waals surface area contributed by atoms with E-state index in [4.69, 9.17) is 0 Å². The van der Waals surface area contributed by atoms with Crippen molar-refractivity contribution in [3.63, 3.8) is 0 Å². The van der Waals surface area contributed by atoms with Crippen molar-refractivity contribution >= 4 is 17.8 Å². The van der Waals surface area contributed by atoms with Gasteiger partial charge in [-0.15, -0.1) is 0 Å². The second-order valence-corrected chi connectivity index (χ2v) is 5.90. The summed E-state index contributed by atoms with van der Waals surface area (Å²) in [5, 5.41) is 15.8. The molecule has 1 aromatic heterocycles. The third-order valence-corrected chi connectivity index (χ3v) is 3.90. The Bertz CT molecular complexity index is 560. The van der Waals surface area contributed by atoms with Crippen LogP contribution in [-0.2, 0) is 20.8 Å². The first kappa shape index (κ1) is 19.6. The van der Waals surface area contributed by atoms with Gasteiger partial charge in [-0.2, -0.15) is 0 Å². The summed E-state index contributed by atoms with van der Waals surface area (Å²) in [6.07, 6.45) is 4.11. The second kappa shape index (κ2) is 9.02. The normalized spacial score (nSPS) is 15.8.